The molecule has 0 aromatic heterocycles. The number of benzene rings is 1. The zero-order valence-corrected chi connectivity index (χ0v) is 11.4. The molecular weight excluding hydrogens is 210 g/mol. The van der Waals surface area contributed by atoms with E-state index in [-0.39, 0.29) is 18.6 Å². The maximum Gasteiger partial charge on any atom is 0.0479 e. The molecular formula is C15H25NO. The van der Waals surface area contributed by atoms with E-state index in [0.29, 0.717) is 11.8 Å². The Balaban J connectivity index is 2.85. The van der Waals surface area contributed by atoms with Crippen LogP contribution in [0.5, 0.6) is 0 Å². The number of aliphatic hydroxyl groups excluding tert-OH is 1. The molecule has 3 N–H and O–H groups in total. The van der Waals surface area contributed by atoms with Crippen molar-refractivity contribution in [2.45, 2.75) is 39.7 Å². The lowest BCUT2D eigenvalue weighted by molar-refractivity contribution is 0.166. The second-order valence-electron chi connectivity index (χ2n) is 5.44. The van der Waals surface area contributed by atoms with Crippen LogP contribution in [0.1, 0.15) is 50.8 Å². The number of rotatable bonds is 5. The van der Waals surface area contributed by atoms with Crippen molar-refractivity contribution in [3.05, 3.63) is 35.4 Å². The standard InChI is InChI=1S/C15H25NO/c1-10(2)12-5-7-13(8-6-12)15(16)14(9-17)11(3)4/h5-8,10-11,14-15,17H,9,16H2,1-4H3. The molecule has 1 aromatic carbocycles. The van der Waals surface area contributed by atoms with Gasteiger partial charge in [-0.2, -0.15) is 0 Å². The SMILES string of the molecule is CC(C)c1ccc(C(N)C(CO)C(C)C)cc1. The predicted octanol–water partition coefficient (Wildman–Crippen LogP) is 3.07. The summed E-state index contributed by atoms with van der Waals surface area (Å²) >= 11 is 0. The van der Waals surface area contributed by atoms with Crippen LogP contribution in [-0.2, 0) is 0 Å². The van der Waals surface area contributed by atoms with Crippen molar-refractivity contribution in [3.8, 4) is 0 Å². The highest BCUT2D eigenvalue weighted by atomic mass is 16.3. The minimum Gasteiger partial charge on any atom is -0.396 e. The third kappa shape index (κ3) is 3.55. The van der Waals surface area contributed by atoms with Crippen LogP contribution in [0.4, 0.5) is 0 Å². The Morgan fingerprint density at radius 3 is 1.82 bits per heavy atom. The third-order valence-electron chi connectivity index (χ3n) is 3.52. The monoisotopic (exact) mass is 235 g/mol. The summed E-state index contributed by atoms with van der Waals surface area (Å²) in [6.07, 6.45) is 0. The highest BCUT2D eigenvalue weighted by molar-refractivity contribution is 5.27. The summed E-state index contributed by atoms with van der Waals surface area (Å²) in [5.41, 5.74) is 8.66. The molecule has 1 aromatic rings. The molecule has 2 unspecified atom stereocenters. The van der Waals surface area contributed by atoms with Gasteiger partial charge in [-0.05, 0) is 23.0 Å². The van der Waals surface area contributed by atoms with Crippen LogP contribution < -0.4 is 5.73 Å². The van der Waals surface area contributed by atoms with Crippen molar-refractivity contribution in [2.75, 3.05) is 6.61 Å². The lowest BCUT2D eigenvalue weighted by atomic mass is 9.85. The molecule has 0 saturated carbocycles. The first-order valence-corrected chi connectivity index (χ1v) is 6.43. The smallest absolute Gasteiger partial charge is 0.0479 e. The van der Waals surface area contributed by atoms with Crippen molar-refractivity contribution in [2.24, 2.45) is 17.6 Å². The van der Waals surface area contributed by atoms with Gasteiger partial charge < -0.3 is 10.8 Å². The van der Waals surface area contributed by atoms with Gasteiger partial charge in [0.1, 0.15) is 0 Å². The summed E-state index contributed by atoms with van der Waals surface area (Å²) in [5, 5.41) is 9.39. The highest BCUT2D eigenvalue weighted by Crippen LogP contribution is 2.26. The van der Waals surface area contributed by atoms with Gasteiger partial charge in [-0.15, -0.1) is 0 Å². The Kier molecular flexibility index (Phi) is 5.16. The van der Waals surface area contributed by atoms with Gasteiger partial charge in [-0.1, -0.05) is 52.0 Å². The Bertz CT molecular complexity index is 329. The molecule has 0 spiro atoms. The molecule has 2 heteroatoms. The minimum atomic E-state index is -0.0822. The van der Waals surface area contributed by atoms with Crippen molar-refractivity contribution in [1.29, 1.82) is 0 Å². The van der Waals surface area contributed by atoms with E-state index >= 15 is 0 Å². The third-order valence-corrected chi connectivity index (χ3v) is 3.52. The lowest BCUT2D eigenvalue weighted by Gasteiger charge is -2.26. The average Bonchev–Trinajstić information content (AvgIpc) is 2.29. The van der Waals surface area contributed by atoms with E-state index in [9.17, 15) is 5.11 Å². The molecule has 1 rings (SSSR count). The maximum atomic E-state index is 9.39. The molecule has 17 heavy (non-hydrogen) atoms. The summed E-state index contributed by atoms with van der Waals surface area (Å²) in [6.45, 7) is 8.70. The molecule has 0 radical (unpaired) electrons. The largest absolute Gasteiger partial charge is 0.396 e. The molecule has 0 aliphatic rings. The molecule has 2 nitrogen and oxygen atoms in total. The molecule has 0 saturated heterocycles. The van der Waals surface area contributed by atoms with Crippen LogP contribution in [-0.4, -0.2) is 11.7 Å². The van der Waals surface area contributed by atoms with E-state index in [2.05, 4.69) is 52.0 Å². The summed E-state index contributed by atoms with van der Waals surface area (Å²) in [7, 11) is 0. The number of aliphatic hydroxyl groups is 1. The Morgan fingerprint density at radius 2 is 1.47 bits per heavy atom. The molecule has 0 aliphatic heterocycles. The minimum absolute atomic E-state index is 0.0822. The fraction of sp³-hybridized carbons (Fsp3) is 0.600. The Morgan fingerprint density at radius 1 is 1.00 bits per heavy atom. The highest BCUT2D eigenvalue weighted by Gasteiger charge is 2.21. The number of hydrogen-bond donors (Lipinski definition) is 2. The average molecular weight is 235 g/mol. The fourth-order valence-corrected chi connectivity index (χ4v) is 2.09. The Labute approximate surface area is 105 Å². The second kappa shape index (κ2) is 6.18. The van der Waals surface area contributed by atoms with Gasteiger partial charge >= 0.3 is 0 Å². The zero-order valence-electron chi connectivity index (χ0n) is 11.4. The van der Waals surface area contributed by atoms with Crippen LogP contribution in [0.25, 0.3) is 0 Å². The van der Waals surface area contributed by atoms with E-state index in [1.54, 1.807) is 0 Å². The molecule has 0 fully saturated rings. The lowest BCUT2D eigenvalue weighted by Crippen LogP contribution is -2.28. The summed E-state index contributed by atoms with van der Waals surface area (Å²) < 4.78 is 0. The number of nitrogens with two attached hydrogens (primary N) is 1. The van der Waals surface area contributed by atoms with Crippen molar-refractivity contribution in [1.82, 2.24) is 0 Å². The molecule has 0 aliphatic carbocycles. The fourth-order valence-electron chi connectivity index (χ4n) is 2.09. The van der Waals surface area contributed by atoms with E-state index in [0.717, 1.165) is 5.56 Å². The van der Waals surface area contributed by atoms with Gasteiger partial charge in [0, 0.05) is 18.6 Å². The van der Waals surface area contributed by atoms with Crippen molar-refractivity contribution < 1.29 is 5.11 Å². The van der Waals surface area contributed by atoms with Crippen LogP contribution in [0.2, 0.25) is 0 Å². The van der Waals surface area contributed by atoms with Gasteiger partial charge in [0.05, 0.1) is 0 Å². The number of hydrogen-bond acceptors (Lipinski definition) is 2. The maximum absolute atomic E-state index is 9.39. The van der Waals surface area contributed by atoms with Gasteiger partial charge in [0.25, 0.3) is 0 Å². The van der Waals surface area contributed by atoms with Crippen LogP contribution in [0.3, 0.4) is 0 Å². The second-order valence-corrected chi connectivity index (χ2v) is 5.44. The van der Waals surface area contributed by atoms with Crippen LogP contribution in [0, 0.1) is 11.8 Å². The van der Waals surface area contributed by atoms with Gasteiger partial charge in [0.2, 0.25) is 0 Å². The first kappa shape index (κ1) is 14.2. The summed E-state index contributed by atoms with van der Waals surface area (Å²) in [6, 6.07) is 8.36. The first-order valence-electron chi connectivity index (χ1n) is 6.43. The normalized spacial score (nSPS) is 15.3. The quantitative estimate of drug-likeness (QED) is 0.824. The Hall–Kier alpha value is -0.860. The summed E-state index contributed by atoms with van der Waals surface area (Å²) in [4.78, 5) is 0. The van der Waals surface area contributed by atoms with E-state index in [4.69, 9.17) is 5.73 Å². The van der Waals surface area contributed by atoms with Gasteiger partial charge in [-0.3, -0.25) is 0 Å². The van der Waals surface area contributed by atoms with Gasteiger partial charge in [-0.25, -0.2) is 0 Å². The molecule has 0 amide bonds. The van der Waals surface area contributed by atoms with E-state index < -0.39 is 0 Å². The molecule has 96 valence electrons. The first-order chi connectivity index (χ1) is 7.97. The van der Waals surface area contributed by atoms with Crippen LogP contribution >= 0.6 is 0 Å². The van der Waals surface area contributed by atoms with Crippen molar-refractivity contribution in [3.63, 3.8) is 0 Å². The van der Waals surface area contributed by atoms with E-state index in [1.807, 2.05) is 0 Å². The van der Waals surface area contributed by atoms with E-state index in [1.165, 1.54) is 5.56 Å². The topological polar surface area (TPSA) is 46.2 Å². The molecule has 0 bridgehead atoms. The van der Waals surface area contributed by atoms with Crippen molar-refractivity contribution >= 4 is 0 Å². The molecule has 0 heterocycles. The summed E-state index contributed by atoms with van der Waals surface area (Å²) in [5.74, 6) is 1.05. The predicted molar refractivity (Wildman–Crippen MR) is 72.9 cm³/mol. The van der Waals surface area contributed by atoms with Crippen LogP contribution in [0.15, 0.2) is 24.3 Å². The van der Waals surface area contributed by atoms with Gasteiger partial charge in [0.15, 0.2) is 0 Å². The molecule has 2 atom stereocenters. The zero-order chi connectivity index (χ0) is 13.0.